The molecule has 0 aliphatic rings. The highest BCUT2D eigenvalue weighted by atomic mass is 19.1. The quantitative estimate of drug-likeness (QED) is 0.684. The number of halogens is 2. The minimum atomic E-state index is -0.719. The van der Waals surface area contributed by atoms with Crippen LogP contribution in [0, 0.1) is 11.6 Å². The van der Waals surface area contributed by atoms with E-state index in [-0.39, 0.29) is 24.1 Å². The summed E-state index contributed by atoms with van der Waals surface area (Å²) in [6.45, 7) is 0.385. The number of nitrogens with one attached hydrogen (secondary N) is 1. The van der Waals surface area contributed by atoms with Crippen molar-refractivity contribution >= 4 is 0 Å². The maximum Gasteiger partial charge on any atom is 0.232 e. The van der Waals surface area contributed by atoms with Gasteiger partial charge in [0.05, 0.1) is 5.69 Å². The Kier molecular flexibility index (Phi) is 5.53. The van der Waals surface area contributed by atoms with Gasteiger partial charge in [-0.2, -0.15) is 0 Å². The number of oxazole rings is 1. The van der Waals surface area contributed by atoms with Crippen molar-refractivity contribution in [3.8, 4) is 11.5 Å². The number of nitrogens with zero attached hydrogens (tertiary/aromatic N) is 1. The van der Waals surface area contributed by atoms with E-state index >= 15 is 0 Å². The average Bonchev–Trinajstić information content (AvgIpc) is 3.08. The van der Waals surface area contributed by atoms with Crippen LogP contribution in [0.2, 0.25) is 0 Å². The van der Waals surface area contributed by atoms with E-state index in [1.807, 2.05) is 30.3 Å². The van der Waals surface area contributed by atoms with Gasteiger partial charge in [0, 0.05) is 19.2 Å². The van der Waals surface area contributed by atoms with Crippen molar-refractivity contribution in [1.29, 1.82) is 0 Å². The van der Waals surface area contributed by atoms with Gasteiger partial charge in [-0.25, -0.2) is 13.8 Å². The minimum Gasteiger partial charge on any atom is -0.444 e. The van der Waals surface area contributed by atoms with Gasteiger partial charge < -0.3 is 14.8 Å². The van der Waals surface area contributed by atoms with Crippen LogP contribution in [0.1, 0.15) is 23.7 Å². The zero-order valence-corrected chi connectivity index (χ0v) is 13.5. The van der Waals surface area contributed by atoms with E-state index in [1.54, 1.807) is 0 Å². The molecule has 1 aromatic heterocycles. The molecule has 4 nitrogen and oxygen atoms in total. The third-order valence-corrected chi connectivity index (χ3v) is 3.88. The molecule has 1 heterocycles. The van der Waals surface area contributed by atoms with Gasteiger partial charge in [0.15, 0.2) is 0 Å². The van der Waals surface area contributed by atoms with Gasteiger partial charge in [0.2, 0.25) is 5.89 Å². The fourth-order valence-corrected chi connectivity index (χ4v) is 2.63. The van der Waals surface area contributed by atoms with Gasteiger partial charge in [-0.05, 0) is 24.1 Å². The molecule has 1 atom stereocenters. The first-order valence-corrected chi connectivity index (χ1v) is 7.97. The molecule has 2 N–H and O–H groups in total. The summed E-state index contributed by atoms with van der Waals surface area (Å²) >= 11 is 0. The number of benzene rings is 2. The van der Waals surface area contributed by atoms with Gasteiger partial charge in [-0.1, -0.05) is 36.4 Å². The first kappa shape index (κ1) is 17.3. The Balaban J connectivity index is 1.73. The molecule has 3 aromatic rings. The Labute approximate surface area is 144 Å². The van der Waals surface area contributed by atoms with E-state index in [0.717, 1.165) is 17.7 Å². The summed E-state index contributed by atoms with van der Waals surface area (Å²) in [4.78, 5) is 4.16. The van der Waals surface area contributed by atoms with E-state index in [9.17, 15) is 13.9 Å². The fourth-order valence-electron chi connectivity index (χ4n) is 2.63. The second-order valence-corrected chi connectivity index (χ2v) is 5.60. The topological polar surface area (TPSA) is 58.3 Å². The molecule has 3 rings (SSSR count). The minimum absolute atomic E-state index is 0.0388. The number of rotatable bonds is 7. The van der Waals surface area contributed by atoms with Crippen molar-refractivity contribution in [2.45, 2.75) is 19.0 Å². The standard InChI is InChI=1S/C19H18F2N2O2/c20-15-7-4-8-16(21)18(15)19-23-14(12-25-19)11-22-17(9-10-24)13-5-2-1-3-6-13/h1-8,12,17,22,24H,9-11H2. The molecule has 0 aliphatic heterocycles. The third kappa shape index (κ3) is 4.10. The molecule has 25 heavy (non-hydrogen) atoms. The van der Waals surface area contributed by atoms with Crippen LogP contribution in [0.15, 0.2) is 59.2 Å². The second-order valence-electron chi connectivity index (χ2n) is 5.60. The van der Waals surface area contributed by atoms with Crippen LogP contribution >= 0.6 is 0 Å². The van der Waals surface area contributed by atoms with Crippen molar-refractivity contribution in [2.24, 2.45) is 0 Å². The van der Waals surface area contributed by atoms with E-state index in [2.05, 4.69) is 10.3 Å². The molecule has 1 unspecified atom stereocenters. The van der Waals surface area contributed by atoms with Crippen LogP contribution in [0.3, 0.4) is 0 Å². The fraction of sp³-hybridized carbons (Fsp3) is 0.211. The molecular weight excluding hydrogens is 326 g/mol. The highest BCUT2D eigenvalue weighted by Crippen LogP contribution is 2.25. The SMILES string of the molecule is OCCC(NCc1coc(-c2c(F)cccc2F)n1)c1ccccc1. The lowest BCUT2D eigenvalue weighted by Crippen LogP contribution is -2.22. The Hall–Kier alpha value is -2.57. The molecule has 0 saturated heterocycles. The summed E-state index contributed by atoms with van der Waals surface area (Å²) in [5.41, 5.74) is 1.29. The smallest absolute Gasteiger partial charge is 0.232 e. The third-order valence-electron chi connectivity index (χ3n) is 3.88. The van der Waals surface area contributed by atoms with E-state index < -0.39 is 11.6 Å². The number of aliphatic hydroxyl groups is 1. The first-order chi connectivity index (χ1) is 12.2. The molecule has 130 valence electrons. The Morgan fingerprint density at radius 2 is 1.76 bits per heavy atom. The van der Waals surface area contributed by atoms with Crippen molar-refractivity contribution in [3.63, 3.8) is 0 Å². The van der Waals surface area contributed by atoms with Crippen molar-refractivity contribution in [3.05, 3.63) is 77.7 Å². The largest absolute Gasteiger partial charge is 0.444 e. The van der Waals surface area contributed by atoms with Gasteiger partial charge in [0.1, 0.15) is 23.5 Å². The van der Waals surface area contributed by atoms with E-state index in [4.69, 9.17) is 4.42 Å². The number of aliphatic hydroxyl groups excluding tert-OH is 1. The maximum atomic E-state index is 13.8. The van der Waals surface area contributed by atoms with Crippen molar-refractivity contribution in [2.75, 3.05) is 6.61 Å². The van der Waals surface area contributed by atoms with Crippen LogP contribution in [0.4, 0.5) is 8.78 Å². The van der Waals surface area contributed by atoms with E-state index in [1.165, 1.54) is 12.3 Å². The van der Waals surface area contributed by atoms with Crippen LogP contribution in [0.25, 0.3) is 11.5 Å². The lowest BCUT2D eigenvalue weighted by atomic mass is 10.0. The first-order valence-electron chi connectivity index (χ1n) is 7.97. The predicted octanol–water partition coefficient (Wildman–Crippen LogP) is 3.83. The second kappa shape index (κ2) is 8.00. The highest BCUT2D eigenvalue weighted by Gasteiger charge is 2.17. The summed E-state index contributed by atoms with van der Waals surface area (Å²) in [6, 6.07) is 13.3. The summed E-state index contributed by atoms with van der Waals surface area (Å²) in [7, 11) is 0. The normalized spacial score (nSPS) is 12.3. The van der Waals surface area contributed by atoms with Gasteiger partial charge in [-0.3, -0.25) is 0 Å². The average molecular weight is 344 g/mol. The Morgan fingerprint density at radius 3 is 2.44 bits per heavy atom. The molecule has 2 aromatic carbocycles. The van der Waals surface area contributed by atoms with Gasteiger partial charge >= 0.3 is 0 Å². The monoisotopic (exact) mass is 344 g/mol. The van der Waals surface area contributed by atoms with Crippen LogP contribution in [-0.4, -0.2) is 16.7 Å². The molecule has 0 radical (unpaired) electrons. The lowest BCUT2D eigenvalue weighted by Gasteiger charge is -2.17. The molecule has 0 saturated carbocycles. The van der Waals surface area contributed by atoms with Gasteiger partial charge in [0.25, 0.3) is 0 Å². The van der Waals surface area contributed by atoms with Crippen LogP contribution < -0.4 is 5.32 Å². The molecule has 0 bridgehead atoms. The van der Waals surface area contributed by atoms with Gasteiger partial charge in [-0.15, -0.1) is 0 Å². The van der Waals surface area contributed by atoms with Crippen LogP contribution in [-0.2, 0) is 6.54 Å². The summed E-state index contributed by atoms with van der Waals surface area (Å²) in [6.07, 6.45) is 1.91. The number of hydrogen-bond donors (Lipinski definition) is 2. The summed E-state index contributed by atoms with van der Waals surface area (Å²) < 4.78 is 32.8. The Bertz CT molecular complexity index is 801. The molecular formula is C19H18F2N2O2. The predicted molar refractivity (Wildman–Crippen MR) is 89.6 cm³/mol. The molecule has 6 heteroatoms. The Morgan fingerprint density at radius 1 is 1.04 bits per heavy atom. The zero-order valence-electron chi connectivity index (χ0n) is 13.5. The lowest BCUT2D eigenvalue weighted by molar-refractivity contribution is 0.265. The summed E-state index contributed by atoms with van der Waals surface area (Å²) in [5.74, 6) is -1.53. The van der Waals surface area contributed by atoms with Crippen LogP contribution in [0.5, 0.6) is 0 Å². The number of hydrogen-bond acceptors (Lipinski definition) is 4. The number of aromatic nitrogens is 1. The van der Waals surface area contributed by atoms with E-state index in [0.29, 0.717) is 18.7 Å². The van der Waals surface area contributed by atoms with Crippen molar-refractivity contribution in [1.82, 2.24) is 10.3 Å². The molecule has 0 fully saturated rings. The maximum absolute atomic E-state index is 13.8. The molecule has 0 amide bonds. The van der Waals surface area contributed by atoms with Crippen molar-refractivity contribution < 1.29 is 18.3 Å². The highest BCUT2D eigenvalue weighted by molar-refractivity contribution is 5.55. The molecule has 0 spiro atoms. The molecule has 0 aliphatic carbocycles. The summed E-state index contributed by atoms with van der Waals surface area (Å²) in [5, 5.41) is 12.5. The zero-order chi connectivity index (χ0) is 17.6.